The Morgan fingerprint density at radius 3 is 2.35 bits per heavy atom. The highest BCUT2D eigenvalue weighted by molar-refractivity contribution is 6.30. The van der Waals surface area contributed by atoms with Gasteiger partial charge in [0.05, 0.1) is 5.56 Å². The van der Waals surface area contributed by atoms with Crippen molar-refractivity contribution in [2.24, 2.45) is 0 Å². The molecular formula is C25H26ClN3O2. The SMILES string of the molecule is Cc1c(NC(=O)c2cc(C)n(-c3cccc(Cl)c3)c2C)cccc1C(=O)N1CCCC1. The predicted octanol–water partition coefficient (Wildman–Crippen LogP) is 5.54. The highest BCUT2D eigenvalue weighted by atomic mass is 35.5. The average Bonchev–Trinajstić information content (AvgIpc) is 3.37. The molecular weight excluding hydrogens is 410 g/mol. The van der Waals surface area contributed by atoms with Gasteiger partial charge in [-0.05, 0) is 75.6 Å². The molecule has 0 aliphatic carbocycles. The molecule has 31 heavy (non-hydrogen) atoms. The van der Waals surface area contributed by atoms with Crippen LogP contribution in [0.15, 0.2) is 48.5 Å². The molecule has 160 valence electrons. The first-order valence-electron chi connectivity index (χ1n) is 10.5. The number of anilines is 1. The molecule has 0 spiro atoms. The number of amides is 2. The first-order valence-corrected chi connectivity index (χ1v) is 10.9. The largest absolute Gasteiger partial charge is 0.339 e. The van der Waals surface area contributed by atoms with Crippen LogP contribution in [-0.2, 0) is 0 Å². The number of carbonyl (C=O) groups is 2. The average molecular weight is 436 g/mol. The van der Waals surface area contributed by atoms with Crippen molar-refractivity contribution in [1.82, 2.24) is 9.47 Å². The van der Waals surface area contributed by atoms with Crippen LogP contribution in [0.1, 0.15) is 50.5 Å². The molecule has 6 heteroatoms. The van der Waals surface area contributed by atoms with Crippen LogP contribution in [-0.4, -0.2) is 34.4 Å². The minimum absolute atomic E-state index is 0.0326. The van der Waals surface area contributed by atoms with E-state index in [2.05, 4.69) is 5.32 Å². The van der Waals surface area contributed by atoms with Crippen molar-refractivity contribution in [3.8, 4) is 5.69 Å². The molecule has 2 heterocycles. The Labute approximate surface area is 187 Å². The zero-order valence-electron chi connectivity index (χ0n) is 18.0. The Morgan fingerprint density at radius 2 is 1.65 bits per heavy atom. The molecule has 1 saturated heterocycles. The maximum Gasteiger partial charge on any atom is 0.257 e. The van der Waals surface area contributed by atoms with Gasteiger partial charge in [0, 0.05) is 46.4 Å². The Balaban J connectivity index is 1.61. The van der Waals surface area contributed by atoms with Crippen molar-refractivity contribution < 1.29 is 9.59 Å². The second-order valence-electron chi connectivity index (χ2n) is 8.03. The lowest BCUT2D eigenvalue weighted by Gasteiger charge is -2.18. The number of carbonyl (C=O) groups excluding carboxylic acids is 2. The van der Waals surface area contributed by atoms with E-state index in [0.29, 0.717) is 21.8 Å². The highest BCUT2D eigenvalue weighted by Crippen LogP contribution is 2.26. The smallest absolute Gasteiger partial charge is 0.257 e. The van der Waals surface area contributed by atoms with E-state index in [4.69, 9.17) is 11.6 Å². The number of nitrogens with one attached hydrogen (secondary N) is 1. The molecule has 1 fully saturated rings. The quantitative estimate of drug-likeness (QED) is 0.584. The van der Waals surface area contributed by atoms with E-state index in [1.165, 1.54) is 0 Å². The molecule has 0 unspecified atom stereocenters. The second kappa shape index (κ2) is 8.60. The Bertz CT molecular complexity index is 1160. The van der Waals surface area contributed by atoms with Crippen molar-refractivity contribution in [2.45, 2.75) is 33.6 Å². The molecule has 2 aromatic carbocycles. The van der Waals surface area contributed by atoms with Crippen LogP contribution in [0.2, 0.25) is 5.02 Å². The van der Waals surface area contributed by atoms with Gasteiger partial charge in [-0.25, -0.2) is 0 Å². The van der Waals surface area contributed by atoms with Gasteiger partial charge in [-0.3, -0.25) is 9.59 Å². The number of halogens is 1. The second-order valence-corrected chi connectivity index (χ2v) is 8.47. The summed E-state index contributed by atoms with van der Waals surface area (Å²) in [6, 6.07) is 14.9. The van der Waals surface area contributed by atoms with Crippen molar-refractivity contribution in [2.75, 3.05) is 18.4 Å². The molecule has 2 amide bonds. The van der Waals surface area contributed by atoms with E-state index < -0.39 is 0 Å². The summed E-state index contributed by atoms with van der Waals surface area (Å²) in [7, 11) is 0. The summed E-state index contributed by atoms with van der Waals surface area (Å²) in [6.07, 6.45) is 2.09. The number of hydrogen-bond acceptors (Lipinski definition) is 2. The standard InChI is InChI=1S/C25H26ClN3O2/c1-16-14-22(18(3)29(16)20-9-6-8-19(26)15-20)24(30)27-23-11-7-10-21(17(23)2)25(31)28-12-4-5-13-28/h6-11,14-15H,4-5,12-13H2,1-3H3,(H,27,30). The number of hydrogen-bond donors (Lipinski definition) is 1. The molecule has 1 N–H and O–H groups in total. The van der Waals surface area contributed by atoms with E-state index in [0.717, 1.165) is 48.6 Å². The third-order valence-corrected chi connectivity index (χ3v) is 6.18. The highest BCUT2D eigenvalue weighted by Gasteiger charge is 2.23. The zero-order chi connectivity index (χ0) is 22.1. The predicted molar refractivity (Wildman–Crippen MR) is 125 cm³/mol. The van der Waals surface area contributed by atoms with Crippen LogP contribution in [0.4, 0.5) is 5.69 Å². The number of aryl methyl sites for hydroxylation is 1. The van der Waals surface area contributed by atoms with Gasteiger partial charge in [-0.15, -0.1) is 0 Å². The lowest BCUT2D eigenvalue weighted by molar-refractivity contribution is 0.0791. The molecule has 4 rings (SSSR count). The number of nitrogens with zero attached hydrogens (tertiary/aromatic N) is 2. The Kier molecular flexibility index (Phi) is 5.88. The van der Waals surface area contributed by atoms with E-state index in [9.17, 15) is 9.59 Å². The van der Waals surface area contributed by atoms with E-state index in [-0.39, 0.29) is 11.8 Å². The van der Waals surface area contributed by atoms with E-state index >= 15 is 0 Å². The van der Waals surface area contributed by atoms with Crippen LogP contribution in [0.3, 0.4) is 0 Å². The van der Waals surface area contributed by atoms with Crippen molar-refractivity contribution in [3.63, 3.8) is 0 Å². The molecule has 0 bridgehead atoms. The maximum absolute atomic E-state index is 13.1. The minimum atomic E-state index is -0.199. The number of benzene rings is 2. The summed E-state index contributed by atoms with van der Waals surface area (Å²) >= 11 is 6.16. The molecule has 1 aliphatic rings. The summed E-state index contributed by atoms with van der Waals surface area (Å²) in [4.78, 5) is 27.9. The summed E-state index contributed by atoms with van der Waals surface area (Å²) in [6.45, 7) is 7.36. The fraction of sp³-hybridized carbons (Fsp3) is 0.280. The zero-order valence-corrected chi connectivity index (χ0v) is 18.8. The first kappa shape index (κ1) is 21.2. The first-order chi connectivity index (χ1) is 14.9. The van der Waals surface area contributed by atoms with Crippen LogP contribution in [0.25, 0.3) is 5.69 Å². The van der Waals surface area contributed by atoms with Gasteiger partial charge in [-0.2, -0.15) is 0 Å². The molecule has 5 nitrogen and oxygen atoms in total. The monoisotopic (exact) mass is 435 g/mol. The summed E-state index contributed by atoms with van der Waals surface area (Å²) in [5.41, 5.74) is 5.37. The third kappa shape index (κ3) is 4.10. The van der Waals surface area contributed by atoms with Gasteiger partial charge in [0.15, 0.2) is 0 Å². The number of rotatable bonds is 4. The van der Waals surface area contributed by atoms with Crippen LogP contribution in [0, 0.1) is 20.8 Å². The van der Waals surface area contributed by atoms with E-state index in [1.54, 1.807) is 0 Å². The van der Waals surface area contributed by atoms with Crippen LogP contribution in [0.5, 0.6) is 0 Å². The minimum Gasteiger partial charge on any atom is -0.339 e. The fourth-order valence-corrected chi connectivity index (χ4v) is 4.47. The Hall–Kier alpha value is -3.05. The lowest BCUT2D eigenvalue weighted by Crippen LogP contribution is -2.28. The summed E-state index contributed by atoms with van der Waals surface area (Å²) in [5.74, 6) is -0.166. The molecule has 3 aromatic rings. The van der Waals surface area contributed by atoms with Gasteiger partial charge in [0.25, 0.3) is 11.8 Å². The summed E-state index contributed by atoms with van der Waals surface area (Å²) < 4.78 is 2.01. The third-order valence-electron chi connectivity index (χ3n) is 5.95. The van der Waals surface area contributed by atoms with Crippen molar-refractivity contribution in [3.05, 3.63) is 81.6 Å². The van der Waals surface area contributed by atoms with Crippen LogP contribution < -0.4 is 5.32 Å². The van der Waals surface area contributed by atoms with Gasteiger partial charge in [0.1, 0.15) is 0 Å². The molecule has 1 aromatic heterocycles. The normalized spacial score (nSPS) is 13.5. The van der Waals surface area contributed by atoms with Crippen molar-refractivity contribution in [1.29, 1.82) is 0 Å². The molecule has 0 radical (unpaired) electrons. The lowest BCUT2D eigenvalue weighted by atomic mass is 10.0. The van der Waals surface area contributed by atoms with Gasteiger partial charge < -0.3 is 14.8 Å². The van der Waals surface area contributed by atoms with Crippen LogP contribution >= 0.6 is 11.6 Å². The molecule has 1 aliphatic heterocycles. The Morgan fingerprint density at radius 1 is 0.935 bits per heavy atom. The van der Waals surface area contributed by atoms with Gasteiger partial charge >= 0.3 is 0 Å². The van der Waals surface area contributed by atoms with Gasteiger partial charge in [0.2, 0.25) is 0 Å². The molecule has 0 saturated carbocycles. The summed E-state index contributed by atoms with van der Waals surface area (Å²) in [5, 5.41) is 3.65. The van der Waals surface area contributed by atoms with Crippen molar-refractivity contribution >= 4 is 29.1 Å². The number of aromatic nitrogens is 1. The topological polar surface area (TPSA) is 54.3 Å². The fourth-order valence-electron chi connectivity index (χ4n) is 4.29. The maximum atomic E-state index is 13.1. The van der Waals surface area contributed by atoms with E-state index in [1.807, 2.05) is 78.8 Å². The van der Waals surface area contributed by atoms with Gasteiger partial charge in [-0.1, -0.05) is 23.7 Å². The molecule has 0 atom stereocenters. The number of likely N-dealkylation sites (tertiary alicyclic amines) is 1.